The molecule has 0 amide bonds. The zero-order valence-electron chi connectivity index (χ0n) is 14.3. The highest BCUT2D eigenvalue weighted by Gasteiger charge is 2.24. The maximum Gasteiger partial charge on any atom is 0.511 e. The van der Waals surface area contributed by atoms with Crippen LogP contribution in [0.4, 0.5) is 4.79 Å². The Bertz CT molecular complexity index is 386. The van der Waals surface area contributed by atoms with Gasteiger partial charge in [0, 0.05) is 13.3 Å². The van der Waals surface area contributed by atoms with Gasteiger partial charge in [-0.25, -0.2) is 4.79 Å². The van der Waals surface area contributed by atoms with E-state index in [0.717, 1.165) is 51.6 Å². The summed E-state index contributed by atoms with van der Waals surface area (Å²) in [5.41, 5.74) is 0. The van der Waals surface area contributed by atoms with E-state index >= 15 is 0 Å². The first-order valence-corrected chi connectivity index (χ1v) is 8.78. The smallest absolute Gasteiger partial charge is 0.431 e. The van der Waals surface area contributed by atoms with Crippen molar-refractivity contribution in [3.8, 4) is 0 Å². The van der Waals surface area contributed by atoms with Crippen LogP contribution in [0.15, 0.2) is 0 Å². The normalized spacial score (nSPS) is 22.3. The third-order valence-electron chi connectivity index (χ3n) is 4.67. The minimum atomic E-state index is -0.898. The van der Waals surface area contributed by atoms with Crippen LogP contribution in [0.3, 0.4) is 0 Å². The summed E-state index contributed by atoms with van der Waals surface area (Å²) >= 11 is 0. The second-order valence-electron chi connectivity index (χ2n) is 6.75. The minimum Gasteiger partial charge on any atom is -0.431 e. The summed E-state index contributed by atoms with van der Waals surface area (Å²) in [6, 6.07) is 0. The van der Waals surface area contributed by atoms with Crippen molar-refractivity contribution in [3.05, 3.63) is 0 Å². The molecule has 0 N–H and O–H groups in total. The van der Waals surface area contributed by atoms with E-state index in [-0.39, 0.29) is 12.1 Å². The Kier molecular flexibility index (Phi) is 7.15. The van der Waals surface area contributed by atoms with Gasteiger partial charge in [0.2, 0.25) is 6.29 Å². The van der Waals surface area contributed by atoms with Crippen molar-refractivity contribution >= 4 is 12.1 Å². The number of hydrogen-bond acceptors (Lipinski definition) is 6. The van der Waals surface area contributed by atoms with Gasteiger partial charge in [-0.3, -0.25) is 4.79 Å². The van der Waals surface area contributed by atoms with Gasteiger partial charge in [-0.15, -0.1) is 0 Å². The lowest BCUT2D eigenvalue weighted by Gasteiger charge is -2.28. The molecule has 0 spiro atoms. The molecule has 1 aliphatic carbocycles. The summed E-state index contributed by atoms with van der Waals surface area (Å²) in [4.78, 5) is 25.9. The first-order valence-electron chi connectivity index (χ1n) is 8.78. The van der Waals surface area contributed by atoms with Crippen molar-refractivity contribution < 1.29 is 23.8 Å². The molecule has 2 rings (SSSR count). The number of nitrogens with zero attached hydrogens (tertiary/aromatic N) is 1. The maximum atomic E-state index is 11.9. The Labute approximate surface area is 138 Å². The van der Waals surface area contributed by atoms with E-state index in [2.05, 4.69) is 11.9 Å². The average molecular weight is 327 g/mol. The lowest BCUT2D eigenvalue weighted by atomic mass is 9.94. The van der Waals surface area contributed by atoms with Gasteiger partial charge in [0.05, 0.1) is 0 Å². The number of piperidine rings is 1. The van der Waals surface area contributed by atoms with Crippen LogP contribution >= 0.6 is 0 Å². The Balaban J connectivity index is 1.62. The average Bonchev–Trinajstić information content (AvgIpc) is 2.50. The zero-order valence-corrected chi connectivity index (χ0v) is 14.3. The van der Waals surface area contributed by atoms with Crippen LogP contribution in [-0.4, -0.2) is 49.6 Å². The Hall–Kier alpha value is -1.30. The van der Waals surface area contributed by atoms with E-state index < -0.39 is 12.4 Å². The van der Waals surface area contributed by atoms with Gasteiger partial charge in [-0.2, -0.15) is 0 Å². The molecule has 2 aliphatic rings. The van der Waals surface area contributed by atoms with E-state index in [4.69, 9.17) is 14.2 Å². The first-order chi connectivity index (χ1) is 11.0. The quantitative estimate of drug-likeness (QED) is 0.571. The molecule has 0 aromatic heterocycles. The number of esters is 1. The largest absolute Gasteiger partial charge is 0.511 e. The van der Waals surface area contributed by atoms with Gasteiger partial charge in [0.15, 0.2) is 0 Å². The molecule has 1 atom stereocenters. The number of hydrogen-bond donors (Lipinski definition) is 0. The van der Waals surface area contributed by atoms with Gasteiger partial charge < -0.3 is 19.1 Å². The van der Waals surface area contributed by atoms with Crippen molar-refractivity contribution in [1.82, 2.24) is 4.90 Å². The van der Waals surface area contributed by atoms with E-state index in [0.29, 0.717) is 12.3 Å². The first kappa shape index (κ1) is 18.0. The molecule has 2 fully saturated rings. The second kappa shape index (κ2) is 9.11. The SMILES string of the molecule is CC(OC(=O)CC1CCN(C)CC1)OC(=O)OC1CCCCC1. The molecule has 1 heterocycles. The lowest BCUT2D eigenvalue weighted by molar-refractivity contribution is -0.170. The molecule has 0 bridgehead atoms. The van der Waals surface area contributed by atoms with Crippen LogP contribution in [0.1, 0.15) is 58.3 Å². The van der Waals surface area contributed by atoms with Crippen molar-refractivity contribution in [2.75, 3.05) is 20.1 Å². The van der Waals surface area contributed by atoms with Crippen LogP contribution < -0.4 is 0 Å². The topological polar surface area (TPSA) is 65.1 Å². The van der Waals surface area contributed by atoms with Crippen LogP contribution in [-0.2, 0) is 19.0 Å². The number of ether oxygens (including phenoxy) is 3. The Morgan fingerprint density at radius 2 is 1.70 bits per heavy atom. The van der Waals surface area contributed by atoms with Gasteiger partial charge in [-0.1, -0.05) is 6.42 Å². The summed E-state index contributed by atoms with van der Waals surface area (Å²) < 4.78 is 15.4. The number of carbonyl (C=O) groups excluding carboxylic acids is 2. The van der Waals surface area contributed by atoms with Crippen LogP contribution in [0.2, 0.25) is 0 Å². The fourth-order valence-electron chi connectivity index (χ4n) is 3.24. The Morgan fingerprint density at radius 3 is 2.35 bits per heavy atom. The van der Waals surface area contributed by atoms with Crippen LogP contribution in [0, 0.1) is 5.92 Å². The van der Waals surface area contributed by atoms with E-state index in [1.807, 2.05) is 0 Å². The molecule has 6 heteroatoms. The van der Waals surface area contributed by atoms with Crippen LogP contribution in [0.5, 0.6) is 0 Å². The van der Waals surface area contributed by atoms with Crippen molar-refractivity contribution in [1.29, 1.82) is 0 Å². The summed E-state index contributed by atoms with van der Waals surface area (Å²) in [5, 5.41) is 0. The zero-order chi connectivity index (χ0) is 16.7. The second-order valence-corrected chi connectivity index (χ2v) is 6.75. The molecule has 0 aromatic carbocycles. The third-order valence-corrected chi connectivity index (χ3v) is 4.67. The molecule has 0 radical (unpaired) electrons. The molecule has 132 valence electrons. The van der Waals surface area contributed by atoms with E-state index in [9.17, 15) is 9.59 Å². The number of likely N-dealkylation sites (tertiary alicyclic amines) is 1. The highest BCUT2D eigenvalue weighted by atomic mass is 16.8. The molecule has 1 saturated carbocycles. The summed E-state index contributed by atoms with van der Waals surface area (Å²) in [6.07, 6.45) is 5.84. The fourth-order valence-corrected chi connectivity index (χ4v) is 3.24. The molecular weight excluding hydrogens is 298 g/mol. The van der Waals surface area contributed by atoms with Crippen molar-refractivity contribution in [2.45, 2.75) is 70.7 Å². The minimum absolute atomic E-state index is 0.0571. The molecule has 6 nitrogen and oxygen atoms in total. The molecule has 1 unspecified atom stereocenters. The number of carbonyl (C=O) groups is 2. The highest BCUT2D eigenvalue weighted by molar-refractivity contribution is 5.70. The van der Waals surface area contributed by atoms with Crippen LogP contribution in [0.25, 0.3) is 0 Å². The standard InChI is InChI=1S/C17H29NO5/c1-13(22-17(20)23-15-6-4-3-5-7-15)21-16(19)12-14-8-10-18(2)11-9-14/h13-15H,3-12H2,1-2H3. The molecule has 0 aromatic rings. The van der Waals surface area contributed by atoms with Gasteiger partial charge in [-0.05, 0) is 64.6 Å². The monoisotopic (exact) mass is 327 g/mol. The van der Waals surface area contributed by atoms with E-state index in [1.165, 1.54) is 6.42 Å². The van der Waals surface area contributed by atoms with E-state index in [1.54, 1.807) is 6.92 Å². The predicted octanol–water partition coefficient (Wildman–Crippen LogP) is 3.09. The molecular formula is C17H29NO5. The maximum absolute atomic E-state index is 11.9. The lowest BCUT2D eigenvalue weighted by Crippen LogP contribution is -2.32. The highest BCUT2D eigenvalue weighted by Crippen LogP contribution is 2.22. The molecule has 1 saturated heterocycles. The van der Waals surface area contributed by atoms with Gasteiger partial charge >= 0.3 is 12.1 Å². The third kappa shape index (κ3) is 6.77. The summed E-state index contributed by atoms with van der Waals surface area (Å²) in [7, 11) is 2.09. The molecule has 1 aliphatic heterocycles. The number of rotatable bonds is 5. The van der Waals surface area contributed by atoms with Gasteiger partial charge in [0.25, 0.3) is 0 Å². The Morgan fingerprint density at radius 1 is 1.04 bits per heavy atom. The van der Waals surface area contributed by atoms with Gasteiger partial charge in [0.1, 0.15) is 6.10 Å². The van der Waals surface area contributed by atoms with Crippen molar-refractivity contribution in [2.24, 2.45) is 5.92 Å². The predicted molar refractivity (Wildman–Crippen MR) is 84.8 cm³/mol. The molecule has 23 heavy (non-hydrogen) atoms. The fraction of sp³-hybridized carbons (Fsp3) is 0.882. The summed E-state index contributed by atoms with van der Waals surface area (Å²) in [6.45, 7) is 3.57. The summed E-state index contributed by atoms with van der Waals surface area (Å²) in [5.74, 6) is 0.0533. The van der Waals surface area contributed by atoms with Crippen molar-refractivity contribution in [3.63, 3.8) is 0 Å².